The van der Waals surface area contributed by atoms with E-state index in [1.54, 1.807) is 0 Å². The van der Waals surface area contributed by atoms with Crippen molar-refractivity contribution in [3.8, 4) is 0 Å². The lowest BCUT2D eigenvalue weighted by atomic mass is 10.1. The third kappa shape index (κ3) is 4.17. The Morgan fingerprint density at radius 3 is 2.55 bits per heavy atom. The van der Waals surface area contributed by atoms with Crippen LogP contribution in [0.2, 0.25) is 0 Å². The predicted octanol–water partition coefficient (Wildman–Crippen LogP) is 7.69. The zero-order chi connectivity index (χ0) is 21.0. The number of benzene rings is 4. The van der Waals surface area contributed by atoms with Crippen LogP contribution in [-0.4, -0.2) is 12.8 Å². The van der Waals surface area contributed by atoms with Crippen LogP contribution in [0.5, 0.6) is 0 Å². The van der Waals surface area contributed by atoms with Gasteiger partial charge in [-0.25, -0.2) is 0 Å². The predicted molar refractivity (Wildman–Crippen MR) is 134 cm³/mol. The molecule has 0 saturated carbocycles. The monoisotopic (exact) mass is 423 g/mol. The van der Waals surface area contributed by atoms with E-state index in [-0.39, 0.29) is 0 Å². The van der Waals surface area contributed by atoms with Gasteiger partial charge in [0.1, 0.15) is 0 Å². The van der Waals surface area contributed by atoms with Crippen molar-refractivity contribution in [2.24, 2.45) is 5.10 Å². The van der Waals surface area contributed by atoms with Crippen LogP contribution < -0.4 is 10.3 Å². The first-order valence-corrected chi connectivity index (χ1v) is 11.6. The Bertz CT molecular complexity index is 1250. The normalized spacial score (nSPS) is 12.7. The zero-order valence-corrected chi connectivity index (χ0v) is 18.4. The zero-order valence-electron chi connectivity index (χ0n) is 17.6. The highest BCUT2D eigenvalue weighted by Gasteiger charge is 2.22. The Kier molecular flexibility index (Phi) is 5.63. The van der Waals surface area contributed by atoms with Gasteiger partial charge in [-0.15, -0.1) is 0 Å². The van der Waals surface area contributed by atoms with Gasteiger partial charge in [0.2, 0.25) is 0 Å². The summed E-state index contributed by atoms with van der Waals surface area (Å²) in [6.07, 6.45) is 4.26. The number of fused-ring (bicyclic) bond motifs is 3. The molecule has 4 heteroatoms. The van der Waals surface area contributed by atoms with Gasteiger partial charge in [0.15, 0.2) is 0 Å². The van der Waals surface area contributed by atoms with Gasteiger partial charge in [-0.1, -0.05) is 73.6 Å². The third-order valence-electron chi connectivity index (χ3n) is 5.54. The van der Waals surface area contributed by atoms with Crippen LogP contribution in [0.4, 0.5) is 17.1 Å². The summed E-state index contributed by atoms with van der Waals surface area (Å²) < 4.78 is 0. The fourth-order valence-electron chi connectivity index (χ4n) is 3.93. The van der Waals surface area contributed by atoms with Crippen LogP contribution in [0.1, 0.15) is 25.3 Å². The molecule has 0 bridgehead atoms. The molecule has 1 N–H and O–H groups in total. The smallest absolute Gasteiger partial charge is 0.0568 e. The Morgan fingerprint density at radius 2 is 1.65 bits per heavy atom. The first kappa shape index (κ1) is 19.7. The van der Waals surface area contributed by atoms with Gasteiger partial charge in [-0.3, -0.25) is 5.43 Å². The maximum Gasteiger partial charge on any atom is 0.0568 e. The van der Waals surface area contributed by atoms with Crippen molar-refractivity contribution in [1.82, 2.24) is 0 Å². The van der Waals surface area contributed by atoms with E-state index in [1.807, 2.05) is 18.0 Å². The molecule has 0 amide bonds. The van der Waals surface area contributed by atoms with Gasteiger partial charge >= 0.3 is 0 Å². The minimum absolute atomic E-state index is 0.988. The topological polar surface area (TPSA) is 27.6 Å². The van der Waals surface area contributed by atoms with E-state index in [0.29, 0.717) is 0 Å². The average molecular weight is 424 g/mol. The molecule has 5 rings (SSSR count). The van der Waals surface area contributed by atoms with Gasteiger partial charge in [0.05, 0.1) is 23.3 Å². The van der Waals surface area contributed by atoms with E-state index in [0.717, 1.165) is 17.8 Å². The standard InChI is InChI=1S/C27H25N3S/c1-2-3-16-30-24-10-6-7-11-26(24)31-27-17-20(12-15-25(27)30)19-28-29-23-14-13-21-8-4-5-9-22(21)18-23/h4-15,17-19,29H,2-3,16H2,1H3/b28-19+. The van der Waals surface area contributed by atoms with Crippen LogP contribution in [-0.2, 0) is 0 Å². The number of nitrogens with zero attached hydrogens (tertiary/aromatic N) is 2. The van der Waals surface area contributed by atoms with Crippen molar-refractivity contribution in [3.63, 3.8) is 0 Å². The molecule has 154 valence electrons. The molecule has 1 aliphatic heterocycles. The summed E-state index contributed by atoms with van der Waals surface area (Å²) in [4.78, 5) is 5.05. The second kappa shape index (κ2) is 8.86. The minimum Gasteiger partial charge on any atom is -0.340 e. The number of para-hydroxylation sites is 1. The fourth-order valence-corrected chi connectivity index (χ4v) is 5.07. The minimum atomic E-state index is 0.988. The van der Waals surface area contributed by atoms with Crippen molar-refractivity contribution in [2.75, 3.05) is 16.9 Å². The highest BCUT2D eigenvalue weighted by Crippen LogP contribution is 2.48. The van der Waals surface area contributed by atoms with Crippen LogP contribution >= 0.6 is 11.8 Å². The quantitative estimate of drug-likeness (QED) is 0.254. The average Bonchev–Trinajstić information content (AvgIpc) is 2.81. The molecule has 0 radical (unpaired) electrons. The summed E-state index contributed by atoms with van der Waals surface area (Å²) in [5.41, 5.74) is 7.85. The number of unbranched alkanes of at least 4 members (excludes halogenated alkanes) is 1. The van der Waals surface area contributed by atoms with E-state index >= 15 is 0 Å². The summed E-state index contributed by atoms with van der Waals surface area (Å²) in [5.74, 6) is 0. The molecule has 0 fully saturated rings. The summed E-state index contributed by atoms with van der Waals surface area (Å²) in [6, 6.07) is 30.0. The van der Waals surface area contributed by atoms with Crippen molar-refractivity contribution < 1.29 is 0 Å². The van der Waals surface area contributed by atoms with Gasteiger partial charge in [-0.05, 0) is 59.2 Å². The van der Waals surface area contributed by atoms with Gasteiger partial charge in [0.25, 0.3) is 0 Å². The first-order chi connectivity index (χ1) is 15.3. The van der Waals surface area contributed by atoms with E-state index < -0.39 is 0 Å². The van der Waals surface area contributed by atoms with Gasteiger partial charge in [0, 0.05) is 16.3 Å². The summed E-state index contributed by atoms with van der Waals surface area (Å²) >= 11 is 1.84. The van der Waals surface area contributed by atoms with Crippen LogP contribution in [0.3, 0.4) is 0 Å². The Balaban J connectivity index is 1.37. The molecule has 0 aromatic heterocycles. The highest BCUT2D eigenvalue weighted by atomic mass is 32.2. The molecule has 31 heavy (non-hydrogen) atoms. The molecule has 0 aliphatic carbocycles. The number of nitrogens with one attached hydrogen (secondary N) is 1. The Hall–Kier alpha value is -3.24. The lowest BCUT2D eigenvalue weighted by Crippen LogP contribution is -2.21. The van der Waals surface area contributed by atoms with Crippen LogP contribution in [0, 0.1) is 0 Å². The number of rotatable bonds is 6. The molecule has 4 aromatic carbocycles. The van der Waals surface area contributed by atoms with E-state index in [9.17, 15) is 0 Å². The fraction of sp³-hybridized carbons (Fsp3) is 0.148. The van der Waals surface area contributed by atoms with E-state index in [4.69, 9.17) is 0 Å². The number of hydrogen-bond donors (Lipinski definition) is 1. The highest BCUT2D eigenvalue weighted by molar-refractivity contribution is 7.99. The SMILES string of the molecule is CCCCN1c2ccccc2Sc2cc(/C=N/Nc3ccc4ccccc4c3)ccc21. The largest absolute Gasteiger partial charge is 0.340 e. The molecule has 1 heterocycles. The second-order valence-corrected chi connectivity index (χ2v) is 8.82. The Labute approximate surface area is 187 Å². The molecule has 0 unspecified atom stereocenters. The molecular formula is C27H25N3S. The maximum atomic E-state index is 4.48. The molecular weight excluding hydrogens is 398 g/mol. The van der Waals surface area contributed by atoms with Gasteiger partial charge in [-0.2, -0.15) is 5.10 Å². The number of anilines is 3. The van der Waals surface area contributed by atoms with Crippen LogP contribution in [0.15, 0.2) is 99.8 Å². The third-order valence-corrected chi connectivity index (χ3v) is 6.65. The van der Waals surface area contributed by atoms with Gasteiger partial charge < -0.3 is 4.90 Å². The summed E-state index contributed by atoms with van der Waals surface area (Å²) in [7, 11) is 0. The van der Waals surface area contributed by atoms with Crippen LogP contribution in [0.25, 0.3) is 10.8 Å². The van der Waals surface area contributed by atoms with Crippen molar-refractivity contribution in [2.45, 2.75) is 29.6 Å². The van der Waals surface area contributed by atoms with E-state index in [2.05, 4.69) is 107 Å². The van der Waals surface area contributed by atoms with Crippen molar-refractivity contribution >= 4 is 45.8 Å². The number of hydrogen-bond acceptors (Lipinski definition) is 4. The van der Waals surface area contributed by atoms with E-state index in [1.165, 1.54) is 44.8 Å². The summed E-state index contributed by atoms with van der Waals surface area (Å²) in [6.45, 7) is 3.28. The summed E-state index contributed by atoms with van der Waals surface area (Å²) in [5, 5.41) is 6.92. The Morgan fingerprint density at radius 1 is 0.839 bits per heavy atom. The number of hydrazone groups is 1. The van der Waals surface area contributed by atoms with Crippen molar-refractivity contribution in [3.05, 3.63) is 90.5 Å². The lowest BCUT2D eigenvalue weighted by Gasteiger charge is -2.33. The lowest BCUT2D eigenvalue weighted by molar-refractivity contribution is 0.777. The second-order valence-electron chi connectivity index (χ2n) is 7.73. The first-order valence-electron chi connectivity index (χ1n) is 10.8. The molecule has 0 atom stereocenters. The molecule has 1 aliphatic rings. The molecule has 3 nitrogen and oxygen atoms in total. The molecule has 0 saturated heterocycles. The van der Waals surface area contributed by atoms with Crippen molar-refractivity contribution in [1.29, 1.82) is 0 Å². The maximum absolute atomic E-state index is 4.48. The molecule has 4 aromatic rings. The molecule has 0 spiro atoms.